The zero-order chi connectivity index (χ0) is 9.83. The van der Waals surface area contributed by atoms with E-state index < -0.39 is 0 Å². The van der Waals surface area contributed by atoms with Crippen LogP contribution >= 0.6 is 0 Å². The van der Waals surface area contributed by atoms with Gasteiger partial charge in [-0.05, 0) is 25.8 Å². The van der Waals surface area contributed by atoms with E-state index in [1.807, 2.05) is 0 Å². The Kier molecular flexibility index (Phi) is 4.17. The van der Waals surface area contributed by atoms with Crippen LogP contribution in [0.2, 0.25) is 0 Å². The molecule has 0 amide bonds. The molecule has 0 heterocycles. The molecule has 5 N–H and O–H groups in total. The van der Waals surface area contributed by atoms with Gasteiger partial charge in [0.05, 0.1) is 0 Å². The van der Waals surface area contributed by atoms with E-state index in [0.717, 1.165) is 6.54 Å². The maximum absolute atomic E-state index is 5.61. The molecule has 0 saturated heterocycles. The van der Waals surface area contributed by atoms with Crippen LogP contribution in [-0.2, 0) is 0 Å². The van der Waals surface area contributed by atoms with Crippen LogP contribution in [0.15, 0.2) is 0 Å². The molecule has 0 aromatic heterocycles. The first kappa shape index (κ1) is 11.9. The fraction of sp³-hybridized carbons (Fsp3) is 1.00. The molecule has 0 fully saturated rings. The first-order valence-electron chi connectivity index (χ1n) is 4.48. The molecule has 0 unspecified atom stereocenters. The Balaban J connectivity index is 3.82. The third kappa shape index (κ3) is 4.70. The van der Waals surface area contributed by atoms with Crippen molar-refractivity contribution in [1.82, 2.24) is 5.32 Å². The van der Waals surface area contributed by atoms with Gasteiger partial charge in [-0.15, -0.1) is 0 Å². The van der Waals surface area contributed by atoms with E-state index in [4.69, 9.17) is 11.5 Å². The SMILES string of the molecule is CC(C)(CN)CNC(C)(C)CN. The second kappa shape index (κ2) is 4.21. The van der Waals surface area contributed by atoms with Gasteiger partial charge in [-0.1, -0.05) is 13.8 Å². The first-order chi connectivity index (χ1) is 5.33. The van der Waals surface area contributed by atoms with E-state index in [1.165, 1.54) is 0 Å². The Hall–Kier alpha value is -0.120. The Morgan fingerprint density at radius 3 is 1.83 bits per heavy atom. The van der Waals surface area contributed by atoms with E-state index in [0.29, 0.717) is 13.1 Å². The van der Waals surface area contributed by atoms with Crippen molar-refractivity contribution in [1.29, 1.82) is 0 Å². The predicted octanol–water partition coefficient (Wildman–Crippen LogP) is 0.298. The molecule has 0 atom stereocenters. The van der Waals surface area contributed by atoms with Gasteiger partial charge in [-0.2, -0.15) is 0 Å². The molecule has 12 heavy (non-hydrogen) atoms. The van der Waals surface area contributed by atoms with Gasteiger partial charge in [-0.25, -0.2) is 0 Å². The van der Waals surface area contributed by atoms with Crippen molar-refractivity contribution in [2.75, 3.05) is 19.6 Å². The molecule has 0 aromatic rings. The van der Waals surface area contributed by atoms with E-state index in [-0.39, 0.29) is 11.0 Å². The maximum atomic E-state index is 5.61. The minimum absolute atomic E-state index is 0.0203. The van der Waals surface area contributed by atoms with Crippen LogP contribution in [-0.4, -0.2) is 25.2 Å². The lowest BCUT2D eigenvalue weighted by atomic mass is 9.92. The maximum Gasteiger partial charge on any atom is 0.0247 e. The van der Waals surface area contributed by atoms with Crippen LogP contribution in [0.25, 0.3) is 0 Å². The minimum atomic E-state index is 0.0203. The van der Waals surface area contributed by atoms with Gasteiger partial charge in [0.25, 0.3) is 0 Å². The van der Waals surface area contributed by atoms with Gasteiger partial charge in [0.15, 0.2) is 0 Å². The summed E-state index contributed by atoms with van der Waals surface area (Å²) in [6.07, 6.45) is 0. The number of hydrogen-bond donors (Lipinski definition) is 3. The van der Waals surface area contributed by atoms with Crippen molar-refractivity contribution in [3.8, 4) is 0 Å². The summed E-state index contributed by atoms with van der Waals surface area (Å²) in [5.41, 5.74) is 11.4. The molecule has 0 spiro atoms. The summed E-state index contributed by atoms with van der Waals surface area (Å²) in [5.74, 6) is 0. The first-order valence-corrected chi connectivity index (χ1v) is 4.48. The number of hydrogen-bond acceptors (Lipinski definition) is 3. The fourth-order valence-electron chi connectivity index (χ4n) is 0.623. The lowest BCUT2D eigenvalue weighted by Crippen LogP contribution is -2.50. The summed E-state index contributed by atoms with van der Waals surface area (Å²) in [6.45, 7) is 10.7. The molecule has 0 radical (unpaired) electrons. The zero-order valence-electron chi connectivity index (χ0n) is 8.78. The third-order valence-electron chi connectivity index (χ3n) is 2.11. The zero-order valence-corrected chi connectivity index (χ0v) is 8.78. The summed E-state index contributed by atoms with van der Waals surface area (Å²) < 4.78 is 0. The predicted molar refractivity (Wildman–Crippen MR) is 54.0 cm³/mol. The van der Waals surface area contributed by atoms with Gasteiger partial charge in [-0.3, -0.25) is 0 Å². The molecule has 0 aliphatic rings. The van der Waals surface area contributed by atoms with Gasteiger partial charge >= 0.3 is 0 Å². The highest BCUT2D eigenvalue weighted by Crippen LogP contribution is 2.12. The molecule has 0 aliphatic carbocycles. The van der Waals surface area contributed by atoms with Crippen molar-refractivity contribution in [3.05, 3.63) is 0 Å². The molecular formula is C9H23N3. The quantitative estimate of drug-likeness (QED) is 0.560. The highest BCUT2D eigenvalue weighted by atomic mass is 15.0. The largest absolute Gasteiger partial charge is 0.330 e. The van der Waals surface area contributed by atoms with Crippen LogP contribution < -0.4 is 16.8 Å². The fourth-order valence-corrected chi connectivity index (χ4v) is 0.623. The van der Waals surface area contributed by atoms with Crippen LogP contribution in [0.1, 0.15) is 27.7 Å². The second-order valence-corrected chi connectivity index (χ2v) is 4.81. The number of nitrogens with two attached hydrogens (primary N) is 2. The van der Waals surface area contributed by atoms with Crippen LogP contribution in [0, 0.1) is 5.41 Å². The van der Waals surface area contributed by atoms with Crippen molar-refractivity contribution in [3.63, 3.8) is 0 Å². The lowest BCUT2D eigenvalue weighted by Gasteiger charge is -2.31. The standard InChI is InChI=1S/C9H23N3/c1-8(2,5-10)7-12-9(3,4)6-11/h12H,5-7,10-11H2,1-4H3. The Morgan fingerprint density at radius 1 is 1.00 bits per heavy atom. The van der Waals surface area contributed by atoms with Gasteiger partial charge < -0.3 is 16.8 Å². The van der Waals surface area contributed by atoms with Crippen molar-refractivity contribution >= 4 is 0 Å². The van der Waals surface area contributed by atoms with Crippen molar-refractivity contribution in [2.45, 2.75) is 33.2 Å². The lowest BCUT2D eigenvalue weighted by molar-refractivity contribution is 0.290. The number of nitrogens with one attached hydrogen (secondary N) is 1. The summed E-state index contributed by atoms with van der Waals surface area (Å²) >= 11 is 0. The highest BCUT2D eigenvalue weighted by molar-refractivity contribution is 4.82. The molecule has 0 bridgehead atoms. The monoisotopic (exact) mass is 173 g/mol. The normalized spacial score (nSPS) is 13.5. The van der Waals surface area contributed by atoms with Crippen LogP contribution in [0.4, 0.5) is 0 Å². The van der Waals surface area contributed by atoms with Gasteiger partial charge in [0, 0.05) is 18.6 Å². The Morgan fingerprint density at radius 2 is 1.50 bits per heavy atom. The molecule has 0 aromatic carbocycles. The van der Waals surface area contributed by atoms with Gasteiger partial charge in [0.2, 0.25) is 0 Å². The third-order valence-corrected chi connectivity index (χ3v) is 2.11. The summed E-state index contributed by atoms with van der Waals surface area (Å²) in [6, 6.07) is 0. The van der Waals surface area contributed by atoms with E-state index in [1.54, 1.807) is 0 Å². The molecule has 3 heteroatoms. The van der Waals surface area contributed by atoms with E-state index >= 15 is 0 Å². The molecule has 3 nitrogen and oxygen atoms in total. The van der Waals surface area contributed by atoms with Crippen molar-refractivity contribution in [2.24, 2.45) is 16.9 Å². The average molecular weight is 173 g/mol. The Labute approximate surface area is 75.9 Å². The molecule has 0 saturated carbocycles. The van der Waals surface area contributed by atoms with Crippen molar-refractivity contribution < 1.29 is 0 Å². The molecule has 0 aliphatic heterocycles. The van der Waals surface area contributed by atoms with Crippen LogP contribution in [0.3, 0.4) is 0 Å². The smallest absolute Gasteiger partial charge is 0.0247 e. The molecule has 74 valence electrons. The summed E-state index contributed by atoms with van der Waals surface area (Å²) in [5, 5.41) is 3.39. The molecule has 0 rings (SSSR count). The molecular weight excluding hydrogens is 150 g/mol. The highest BCUT2D eigenvalue weighted by Gasteiger charge is 2.20. The van der Waals surface area contributed by atoms with Crippen LogP contribution in [0.5, 0.6) is 0 Å². The Bertz CT molecular complexity index is 114. The summed E-state index contributed by atoms with van der Waals surface area (Å²) in [4.78, 5) is 0. The number of rotatable bonds is 5. The van der Waals surface area contributed by atoms with E-state index in [9.17, 15) is 0 Å². The topological polar surface area (TPSA) is 64.1 Å². The summed E-state index contributed by atoms with van der Waals surface area (Å²) in [7, 11) is 0. The van der Waals surface area contributed by atoms with E-state index in [2.05, 4.69) is 33.0 Å². The second-order valence-electron chi connectivity index (χ2n) is 4.81. The minimum Gasteiger partial charge on any atom is -0.330 e. The van der Waals surface area contributed by atoms with Gasteiger partial charge in [0.1, 0.15) is 0 Å². The average Bonchev–Trinajstić information content (AvgIpc) is 2.02.